The van der Waals surface area contributed by atoms with E-state index in [4.69, 9.17) is 0 Å². The highest BCUT2D eigenvalue weighted by Crippen LogP contribution is 2.37. The summed E-state index contributed by atoms with van der Waals surface area (Å²) in [6.07, 6.45) is 2.90. The lowest BCUT2D eigenvalue weighted by Gasteiger charge is -2.10. The Labute approximate surface area is 145 Å². The summed E-state index contributed by atoms with van der Waals surface area (Å²) < 4.78 is 0. The number of carbonyl (C=O) groups is 2. The van der Waals surface area contributed by atoms with E-state index in [2.05, 4.69) is 22.8 Å². The Morgan fingerprint density at radius 2 is 1.75 bits per heavy atom. The monoisotopic (exact) mass is 338 g/mol. The summed E-state index contributed by atoms with van der Waals surface area (Å²) in [7, 11) is 0. The molecule has 1 fully saturated rings. The Morgan fingerprint density at radius 1 is 1.00 bits per heavy atom. The van der Waals surface area contributed by atoms with Crippen LogP contribution >= 0.6 is 11.8 Å². The maximum atomic E-state index is 12.4. The fourth-order valence-electron chi connectivity index (χ4n) is 2.75. The molecule has 1 heterocycles. The summed E-state index contributed by atoms with van der Waals surface area (Å²) in [5.74, 6) is -0.0384. The lowest BCUT2D eigenvalue weighted by Crippen LogP contribution is -2.26. The molecule has 1 aliphatic heterocycles. The summed E-state index contributed by atoms with van der Waals surface area (Å²) >= 11 is 1.61. The minimum Gasteiger partial charge on any atom is -0.349 e. The molecule has 122 valence electrons. The van der Waals surface area contributed by atoms with E-state index in [0.717, 1.165) is 24.9 Å². The van der Waals surface area contributed by atoms with Crippen LogP contribution in [-0.4, -0.2) is 23.1 Å². The van der Waals surface area contributed by atoms with Crippen molar-refractivity contribution in [3.63, 3.8) is 0 Å². The van der Waals surface area contributed by atoms with E-state index in [0.29, 0.717) is 11.6 Å². The van der Waals surface area contributed by atoms with Crippen LogP contribution in [0.4, 0.5) is 5.69 Å². The van der Waals surface area contributed by atoms with Crippen LogP contribution < -0.4 is 10.6 Å². The van der Waals surface area contributed by atoms with E-state index in [-0.39, 0.29) is 17.1 Å². The van der Waals surface area contributed by atoms with E-state index >= 15 is 0 Å². The highest BCUT2D eigenvalue weighted by Gasteiger charge is 2.28. The van der Waals surface area contributed by atoms with Crippen molar-refractivity contribution in [3.8, 4) is 0 Å². The molecule has 1 atom stereocenters. The number of nitrogens with one attached hydrogen (secondary N) is 2. The first-order valence-corrected chi connectivity index (χ1v) is 9.03. The molecule has 0 saturated heterocycles. The lowest BCUT2D eigenvalue weighted by molar-refractivity contribution is -0.115. The maximum Gasteiger partial charge on any atom is 0.251 e. The van der Waals surface area contributed by atoms with Gasteiger partial charge in [0.2, 0.25) is 5.91 Å². The van der Waals surface area contributed by atoms with Gasteiger partial charge in [0.15, 0.2) is 0 Å². The highest BCUT2D eigenvalue weighted by atomic mass is 32.2. The summed E-state index contributed by atoms with van der Waals surface area (Å²) in [5, 5.41) is 5.81. The molecule has 2 aromatic carbocycles. The van der Waals surface area contributed by atoms with E-state index in [1.807, 2.05) is 12.1 Å². The predicted octanol–water partition coefficient (Wildman–Crippen LogP) is 3.23. The second-order valence-electron chi connectivity index (χ2n) is 6.23. The summed E-state index contributed by atoms with van der Waals surface area (Å²) in [5.41, 5.74) is 2.58. The molecular weight excluding hydrogens is 320 g/mol. The van der Waals surface area contributed by atoms with Gasteiger partial charge in [0.05, 0.1) is 5.25 Å². The third-order valence-electron chi connectivity index (χ3n) is 4.27. The summed E-state index contributed by atoms with van der Waals surface area (Å²) in [6, 6.07) is 15.6. The molecular formula is C19H18N2O2S. The number of rotatable bonds is 4. The van der Waals surface area contributed by atoms with E-state index in [1.54, 1.807) is 36.0 Å². The van der Waals surface area contributed by atoms with Crippen molar-refractivity contribution < 1.29 is 9.59 Å². The van der Waals surface area contributed by atoms with Gasteiger partial charge in [0.25, 0.3) is 5.91 Å². The molecule has 24 heavy (non-hydrogen) atoms. The number of hydrogen-bond donors (Lipinski definition) is 2. The lowest BCUT2D eigenvalue weighted by atomic mass is 10.1. The van der Waals surface area contributed by atoms with Gasteiger partial charge in [-0.2, -0.15) is 0 Å². The van der Waals surface area contributed by atoms with Crippen LogP contribution in [0.1, 0.15) is 28.8 Å². The number of benzene rings is 2. The summed E-state index contributed by atoms with van der Waals surface area (Å²) in [4.78, 5) is 25.6. The largest absolute Gasteiger partial charge is 0.349 e. The molecule has 2 amide bonds. The minimum atomic E-state index is -0.0970. The van der Waals surface area contributed by atoms with Gasteiger partial charge in [-0.3, -0.25) is 9.59 Å². The molecule has 1 saturated carbocycles. The molecule has 4 rings (SSSR count). The van der Waals surface area contributed by atoms with Crippen molar-refractivity contribution >= 4 is 29.3 Å². The van der Waals surface area contributed by atoms with Crippen LogP contribution in [0.25, 0.3) is 0 Å². The van der Waals surface area contributed by atoms with Gasteiger partial charge in [-0.15, -0.1) is 11.8 Å². The quantitative estimate of drug-likeness (QED) is 0.900. The van der Waals surface area contributed by atoms with Gasteiger partial charge in [-0.1, -0.05) is 18.2 Å². The first-order chi connectivity index (χ1) is 11.7. The molecule has 0 spiro atoms. The fraction of sp³-hybridized carbons (Fsp3) is 0.263. The molecule has 5 heteroatoms. The van der Waals surface area contributed by atoms with Crippen molar-refractivity contribution in [2.24, 2.45) is 0 Å². The van der Waals surface area contributed by atoms with Crippen molar-refractivity contribution in [2.75, 3.05) is 5.32 Å². The van der Waals surface area contributed by atoms with Crippen LogP contribution in [0.15, 0.2) is 53.4 Å². The van der Waals surface area contributed by atoms with E-state index < -0.39 is 0 Å². The molecule has 2 aliphatic rings. The third kappa shape index (κ3) is 3.31. The number of fused-ring (bicyclic) bond motifs is 1. The SMILES string of the molecule is O=C(NC1CC1)c1ccc(NC(=O)[C@@H]2Cc3ccccc3S2)cc1. The topological polar surface area (TPSA) is 58.2 Å². The molecule has 1 aliphatic carbocycles. The molecule has 0 unspecified atom stereocenters. The van der Waals surface area contributed by atoms with Gasteiger partial charge >= 0.3 is 0 Å². The highest BCUT2D eigenvalue weighted by molar-refractivity contribution is 8.01. The zero-order valence-corrected chi connectivity index (χ0v) is 13.9. The molecule has 0 radical (unpaired) electrons. The molecule has 4 nitrogen and oxygen atoms in total. The smallest absolute Gasteiger partial charge is 0.251 e. The van der Waals surface area contributed by atoms with E-state index in [9.17, 15) is 9.59 Å². The molecule has 2 N–H and O–H groups in total. The fourth-order valence-corrected chi connectivity index (χ4v) is 3.95. The zero-order valence-electron chi connectivity index (χ0n) is 13.1. The Kier molecular flexibility index (Phi) is 4.02. The average Bonchev–Trinajstić information content (AvgIpc) is 3.29. The molecule has 0 aromatic heterocycles. The standard InChI is InChI=1S/C19H18N2O2S/c22-18(20-15-9-10-15)12-5-7-14(8-6-12)21-19(23)17-11-13-3-1-2-4-16(13)24-17/h1-8,15,17H,9-11H2,(H,20,22)(H,21,23)/t17-/m0/s1. The molecule has 0 bridgehead atoms. The van der Waals surface area contributed by atoms with Crippen LogP contribution in [0.2, 0.25) is 0 Å². The first kappa shape index (κ1) is 15.3. The second kappa shape index (κ2) is 6.32. The van der Waals surface area contributed by atoms with Gasteiger partial charge in [0.1, 0.15) is 0 Å². The summed E-state index contributed by atoms with van der Waals surface area (Å²) in [6.45, 7) is 0. The predicted molar refractivity (Wildman–Crippen MR) is 95.4 cm³/mol. The van der Waals surface area contributed by atoms with Crippen LogP contribution in [0.5, 0.6) is 0 Å². The van der Waals surface area contributed by atoms with Crippen molar-refractivity contribution in [1.82, 2.24) is 5.32 Å². The van der Waals surface area contributed by atoms with Crippen LogP contribution in [0, 0.1) is 0 Å². The number of amides is 2. The van der Waals surface area contributed by atoms with Crippen molar-refractivity contribution in [2.45, 2.75) is 35.4 Å². The first-order valence-electron chi connectivity index (χ1n) is 8.15. The minimum absolute atomic E-state index is 0.00591. The van der Waals surface area contributed by atoms with Crippen molar-refractivity contribution in [1.29, 1.82) is 0 Å². The van der Waals surface area contributed by atoms with Gasteiger partial charge in [-0.25, -0.2) is 0 Å². The second-order valence-corrected chi connectivity index (χ2v) is 7.48. The van der Waals surface area contributed by atoms with E-state index in [1.165, 1.54) is 10.5 Å². The normalized spacial score (nSPS) is 18.8. The molecule has 2 aromatic rings. The Morgan fingerprint density at radius 3 is 2.46 bits per heavy atom. The maximum absolute atomic E-state index is 12.4. The zero-order chi connectivity index (χ0) is 16.5. The van der Waals surface area contributed by atoms with Crippen LogP contribution in [0.3, 0.4) is 0 Å². The number of hydrogen-bond acceptors (Lipinski definition) is 3. The average molecular weight is 338 g/mol. The van der Waals surface area contributed by atoms with Gasteiger partial charge < -0.3 is 10.6 Å². The third-order valence-corrected chi connectivity index (χ3v) is 5.58. The Balaban J connectivity index is 1.37. The van der Waals surface area contributed by atoms with Gasteiger partial charge in [-0.05, 0) is 55.2 Å². The number of thioether (sulfide) groups is 1. The van der Waals surface area contributed by atoms with Crippen LogP contribution in [-0.2, 0) is 11.2 Å². The van der Waals surface area contributed by atoms with Crippen molar-refractivity contribution in [3.05, 3.63) is 59.7 Å². The number of carbonyl (C=O) groups excluding carboxylic acids is 2. The Hall–Kier alpha value is -2.27. The Bertz CT molecular complexity index is 759. The van der Waals surface area contributed by atoms with Gasteiger partial charge in [0, 0.05) is 22.2 Å². The number of anilines is 1.